The Morgan fingerprint density at radius 3 is 2.40 bits per heavy atom. The van der Waals surface area contributed by atoms with E-state index in [1.807, 2.05) is 17.3 Å². The van der Waals surface area contributed by atoms with Gasteiger partial charge in [-0.05, 0) is 39.7 Å². The van der Waals surface area contributed by atoms with Crippen LogP contribution in [-0.2, 0) is 4.79 Å². The number of halogens is 3. The predicted octanol–water partition coefficient (Wildman–Crippen LogP) is 1.27. The summed E-state index contributed by atoms with van der Waals surface area (Å²) < 4.78 is 36.3. The number of carbonyl (C=O) groups is 1. The highest BCUT2D eigenvalue weighted by molar-refractivity contribution is 5.81. The molecule has 0 spiro atoms. The van der Waals surface area contributed by atoms with E-state index in [0.29, 0.717) is 12.1 Å². The molecule has 2 rings (SSSR count). The molecule has 3 atom stereocenters. The summed E-state index contributed by atoms with van der Waals surface area (Å²) in [5.74, 6) is -0.560. The summed E-state index contributed by atoms with van der Waals surface area (Å²) in [6, 6.07) is 0.707. The normalized spacial score (nSPS) is 31.4. The van der Waals surface area contributed by atoms with Crippen LogP contribution in [0, 0.1) is 0 Å². The van der Waals surface area contributed by atoms with E-state index in [1.165, 1.54) is 0 Å². The first-order valence-corrected chi connectivity index (χ1v) is 7.08. The number of likely N-dealkylation sites (N-methyl/N-ethyl adjacent to an activating group) is 1. The number of fused-ring (bicyclic) bond motifs is 2. The Kier molecular flexibility index (Phi) is 4.59. The van der Waals surface area contributed by atoms with Crippen LogP contribution in [-0.4, -0.2) is 54.7 Å². The molecule has 7 heteroatoms. The van der Waals surface area contributed by atoms with Crippen molar-refractivity contribution in [2.75, 3.05) is 13.6 Å². The molecule has 2 aliphatic heterocycles. The third kappa shape index (κ3) is 3.85. The van der Waals surface area contributed by atoms with Gasteiger partial charge in [-0.2, -0.15) is 13.2 Å². The number of piperidine rings is 1. The summed E-state index contributed by atoms with van der Waals surface area (Å²) in [6.45, 7) is 0.400. The zero-order valence-corrected chi connectivity index (χ0v) is 11.8. The molecule has 0 aromatic rings. The molecule has 2 N–H and O–H groups in total. The number of hydrogen-bond acceptors (Lipinski definition) is 3. The standard InChI is InChI=1S/C13H22F3N3O/c1-8(12(20)17-7-13(14,15)16)19(2)11-5-9-3-4-10(6-11)18-9/h8-11,18H,3-7H2,1-2H3,(H,17,20). The lowest BCUT2D eigenvalue weighted by Gasteiger charge is -2.38. The Labute approximate surface area is 117 Å². The van der Waals surface area contributed by atoms with Crippen molar-refractivity contribution < 1.29 is 18.0 Å². The minimum absolute atomic E-state index is 0.264. The fourth-order valence-electron chi connectivity index (χ4n) is 3.20. The highest BCUT2D eigenvalue weighted by Gasteiger charge is 2.37. The Morgan fingerprint density at radius 1 is 1.35 bits per heavy atom. The van der Waals surface area contributed by atoms with Gasteiger partial charge in [0.25, 0.3) is 0 Å². The summed E-state index contributed by atoms with van der Waals surface area (Å²) in [7, 11) is 1.83. The molecular formula is C13H22F3N3O. The number of hydrogen-bond donors (Lipinski definition) is 2. The van der Waals surface area contributed by atoms with Gasteiger partial charge in [0.1, 0.15) is 6.54 Å². The highest BCUT2D eigenvalue weighted by atomic mass is 19.4. The van der Waals surface area contributed by atoms with Crippen LogP contribution < -0.4 is 10.6 Å². The second-order valence-electron chi connectivity index (χ2n) is 5.94. The van der Waals surface area contributed by atoms with Gasteiger partial charge in [-0.15, -0.1) is 0 Å². The van der Waals surface area contributed by atoms with Crippen LogP contribution in [0.4, 0.5) is 13.2 Å². The van der Waals surface area contributed by atoms with E-state index in [-0.39, 0.29) is 6.04 Å². The fraction of sp³-hybridized carbons (Fsp3) is 0.923. The maximum atomic E-state index is 12.1. The molecule has 2 fully saturated rings. The average Bonchev–Trinajstić information content (AvgIpc) is 2.72. The second-order valence-corrected chi connectivity index (χ2v) is 5.94. The molecule has 2 bridgehead atoms. The maximum Gasteiger partial charge on any atom is 0.405 e. The maximum absolute atomic E-state index is 12.1. The van der Waals surface area contributed by atoms with Gasteiger partial charge < -0.3 is 10.6 Å². The van der Waals surface area contributed by atoms with E-state index in [4.69, 9.17) is 0 Å². The molecule has 0 radical (unpaired) electrons. The number of carbonyl (C=O) groups excluding carboxylic acids is 1. The Bertz CT molecular complexity index is 349. The summed E-state index contributed by atoms with van der Waals surface area (Å²) in [6.07, 6.45) is -0.122. The van der Waals surface area contributed by atoms with Crippen LogP contribution in [0.2, 0.25) is 0 Å². The van der Waals surface area contributed by atoms with Gasteiger partial charge in [0.05, 0.1) is 6.04 Å². The third-order valence-corrected chi connectivity index (χ3v) is 4.48. The molecule has 20 heavy (non-hydrogen) atoms. The molecule has 116 valence electrons. The fourth-order valence-corrected chi connectivity index (χ4v) is 3.20. The summed E-state index contributed by atoms with van der Waals surface area (Å²) in [5, 5.41) is 5.47. The molecule has 0 aromatic carbocycles. The van der Waals surface area contributed by atoms with Gasteiger partial charge in [0.2, 0.25) is 5.91 Å². The largest absolute Gasteiger partial charge is 0.405 e. The summed E-state index contributed by atoms with van der Waals surface area (Å²) >= 11 is 0. The topological polar surface area (TPSA) is 44.4 Å². The van der Waals surface area contributed by atoms with Gasteiger partial charge in [-0.3, -0.25) is 9.69 Å². The first kappa shape index (κ1) is 15.6. The Hall–Kier alpha value is -0.820. The van der Waals surface area contributed by atoms with E-state index in [1.54, 1.807) is 6.92 Å². The van der Waals surface area contributed by atoms with Crippen molar-refractivity contribution in [1.82, 2.24) is 15.5 Å². The predicted molar refractivity (Wildman–Crippen MR) is 69.3 cm³/mol. The lowest BCUT2D eigenvalue weighted by atomic mass is 9.97. The second kappa shape index (κ2) is 5.89. The van der Waals surface area contributed by atoms with Crippen LogP contribution in [0.5, 0.6) is 0 Å². The van der Waals surface area contributed by atoms with E-state index in [2.05, 4.69) is 5.32 Å². The van der Waals surface area contributed by atoms with Crippen LogP contribution in [0.15, 0.2) is 0 Å². The molecule has 0 aliphatic carbocycles. The van der Waals surface area contributed by atoms with Crippen LogP contribution in [0.3, 0.4) is 0 Å². The SMILES string of the molecule is CC(C(=O)NCC(F)(F)F)N(C)C1CC2CCC(C1)N2. The Balaban J connectivity index is 1.85. The molecule has 0 saturated carbocycles. The minimum Gasteiger partial charge on any atom is -0.346 e. The molecule has 2 saturated heterocycles. The molecule has 4 nitrogen and oxygen atoms in total. The number of rotatable bonds is 4. The number of amides is 1. The zero-order valence-electron chi connectivity index (χ0n) is 11.8. The molecule has 2 aliphatic rings. The average molecular weight is 293 g/mol. The number of alkyl halides is 3. The summed E-state index contributed by atoms with van der Waals surface area (Å²) in [5.41, 5.74) is 0. The van der Waals surface area contributed by atoms with E-state index in [0.717, 1.165) is 25.7 Å². The van der Waals surface area contributed by atoms with Gasteiger partial charge in [0.15, 0.2) is 0 Å². The number of nitrogens with one attached hydrogen (secondary N) is 2. The van der Waals surface area contributed by atoms with Crippen molar-refractivity contribution in [2.24, 2.45) is 0 Å². The molecule has 3 unspecified atom stereocenters. The van der Waals surface area contributed by atoms with Crippen molar-refractivity contribution in [1.29, 1.82) is 0 Å². The van der Waals surface area contributed by atoms with Crippen LogP contribution in [0.1, 0.15) is 32.6 Å². The van der Waals surface area contributed by atoms with Crippen molar-refractivity contribution in [3.8, 4) is 0 Å². The first-order chi connectivity index (χ1) is 9.26. The van der Waals surface area contributed by atoms with Gasteiger partial charge >= 0.3 is 6.18 Å². The van der Waals surface area contributed by atoms with Gasteiger partial charge in [-0.1, -0.05) is 0 Å². The van der Waals surface area contributed by atoms with Crippen LogP contribution in [0.25, 0.3) is 0 Å². The Morgan fingerprint density at radius 2 is 1.90 bits per heavy atom. The molecule has 0 aromatic heterocycles. The van der Waals surface area contributed by atoms with E-state index in [9.17, 15) is 18.0 Å². The third-order valence-electron chi connectivity index (χ3n) is 4.48. The molecule has 1 amide bonds. The van der Waals surface area contributed by atoms with Crippen molar-refractivity contribution >= 4 is 5.91 Å². The minimum atomic E-state index is -4.36. The van der Waals surface area contributed by atoms with Gasteiger partial charge in [-0.25, -0.2) is 0 Å². The first-order valence-electron chi connectivity index (χ1n) is 7.08. The van der Waals surface area contributed by atoms with Crippen molar-refractivity contribution in [3.63, 3.8) is 0 Å². The van der Waals surface area contributed by atoms with Crippen molar-refractivity contribution in [2.45, 2.75) is 63.0 Å². The monoisotopic (exact) mass is 293 g/mol. The van der Waals surface area contributed by atoms with Crippen LogP contribution >= 0.6 is 0 Å². The molecular weight excluding hydrogens is 271 g/mol. The smallest absolute Gasteiger partial charge is 0.346 e. The number of nitrogens with zero attached hydrogens (tertiary/aromatic N) is 1. The molecule has 2 heterocycles. The van der Waals surface area contributed by atoms with E-state index >= 15 is 0 Å². The summed E-state index contributed by atoms with van der Waals surface area (Å²) in [4.78, 5) is 13.7. The van der Waals surface area contributed by atoms with Gasteiger partial charge in [0, 0.05) is 18.1 Å². The lowest BCUT2D eigenvalue weighted by molar-refractivity contribution is -0.141. The highest BCUT2D eigenvalue weighted by Crippen LogP contribution is 2.30. The van der Waals surface area contributed by atoms with Crippen molar-refractivity contribution in [3.05, 3.63) is 0 Å². The lowest BCUT2D eigenvalue weighted by Crippen LogP contribution is -2.53. The zero-order chi connectivity index (χ0) is 14.9. The quantitative estimate of drug-likeness (QED) is 0.820. The van der Waals surface area contributed by atoms with E-state index < -0.39 is 24.7 Å².